The average Bonchev–Trinajstić information content (AvgIpc) is 2.89. The number of benzene rings is 1. The maximum Gasteiger partial charge on any atom is 0.194 e. The van der Waals surface area contributed by atoms with E-state index in [1.807, 2.05) is 44.6 Å². The second-order valence-electron chi connectivity index (χ2n) is 5.56. The number of hydrogen-bond donors (Lipinski definition) is 1. The molecule has 0 atom stereocenters. The van der Waals surface area contributed by atoms with Crippen molar-refractivity contribution in [2.75, 3.05) is 20.7 Å². The van der Waals surface area contributed by atoms with E-state index in [2.05, 4.69) is 37.5 Å². The average molecular weight is 330 g/mol. The Balaban J connectivity index is 1.93. The van der Waals surface area contributed by atoms with Crippen LogP contribution in [0.5, 0.6) is 5.75 Å². The molecule has 0 saturated heterocycles. The van der Waals surface area contributed by atoms with Gasteiger partial charge in [-0.15, -0.1) is 10.2 Å². The number of hydrogen-bond acceptors (Lipinski definition) is 4. The first-order valence-corrected chi connectivity index (χ1v) is 8.03. The fourth-order valence-electron chi connectivity index (χ4n) is 2.35. The molecule has 130 valence electrons. The molecule has 0 saturated carbocycles. The van der Waals surface area contributed by atoms with Crippen LogP contribution < -0.4 is 10.1 Å². The van der Waals surface area contributed by atoms with E-state index in [0.717, 1.165) is 29.9 Å². The molecular formula is C17H26N6O. The molecule has 1 heterocycles. The highest BCUT2D eigenvalue weighted by molar-refractivity contribution is 5.79. The molecule has 0 spiro atoms. The normalized spacial score (nSPS) is 11.5. The molecule has 1 aromatic heterocycles. The monoisotopic (exact) mass is 330 g/mol. The molecule has 2 rings (SSSR count). The Morgan fingerprint density at radius 1 is 1.29 bits per heavy atom. The lowest BCUT2D eigenvalue weighted by Crippen LogP contribution is -2.38. The lowest BCUT2D eigenvalue weighted by atomic mass is 10.2. The van der Waals surface area contributed by atoms with Crippen molar-refractivity contribution < 1.29 is 4.74 Å². The van der Waals surface area contributed by atoms with Crippen LogP contribution in [0.3, 0.4) is 0 Å². The number of aromatic nitrogens is 3. The summed E-state index contributed by atoms with van der Waals surface area (Å²) in [6, 6.07) is 8.12. The molecule has 7 nitrogen and oxygen atoms in total. The lowest BCUT2D eigenvalue weighted by Gasteiger charge is -2.22. The number of guanidine groups is 1. The van der Waals surface area contributed by atoms with Gasteiger partial charge in [-0.3, -0.25) is 4.99 Å². The summed E-state index contributed by atoms with van der Waals surface area (Å²) in [7, 11) is 5.74. The summed E-state index contributed by atoms with van der Waals surface area (Å²) in [5.74, 6) is 3.47. The van der Waals surface area contributed by atoms with Gasteiger partial charge in [0.1, 0.15) is 11.6 Å². The van der Waals surface area contributed by atoms with Crippen LogP contribution in [0.4, 0.5) is 0 Å². The van der Waals surface area contributed by atoms with E-state index in [-0.39, 0.29) is 0 Å². The van der Waals surface area contributed by atoms with Crippen LogP contribution >= 0.6 is 0 Å². The minimum atomic E-state index is 0.581. The third kappa shape index (κ3) is 4.47. The Hall–Kier alpha value is -2.57. The minimum Gasteiger partial charge on any atom is -0.494 e. The lowest BCUT2D eigenvalue weighted by molar-refractivity contribution is 0.340. The van der Waals surface area contributed by atoms with E-state index in [9.17, 15) is 0 Å². The predicted octanol–water partition coefficient (Wildman–Crippen LogP) is 1.73. The molecule has 0 aliphatic heterocycles. The van der Waals surface area contributed by atoms with E-state index < -0.39 is 0 Å². The van der Waals surface area contributed by atoms with Gasteiger partial charge in [0.25, 0.3) is 0 Å². The summed E-state index contributed by atoms with van der Waals surface area (Å²) in [5.41, 5.74) is 1.19. The summed E-state index contributed by atoms with van der Waals surface area (Å²) in [5, 5.41) is 11.5. The Labute approximate surface area is 143 Å². The van der Waals surface area contributed by atoms with Gasteiger partial charge in [0.15, 0.2) is 11.8 Å². The second-order valence-corrected chi connectivity index (χ2v) is 5.56. The van der Waals surface area contributed by atoms with Crippen LogP contribution in [0.15, 0.2) is 29.3 Å². The van der Waals surface area contributed by atoms with Crippen molar-refractivity contribution in [2.45, 2.75) is 26.9 Å². The molecule has 7 heteroatoms. The Kier molecular flexibility index (Phi) is 6.17. The molecule has 1 N–H and O–H groups in total. The second kappa shape index (κ2) is 8.33. The summed E-state index contributed by atoms with van der Waals surface area (Å²) < 4.78 is 7.44. The van der Waals surface area contributed by atoms with E-state index in [0.29, 0.717) is 13.2 Å². The van der Waals surface area contributed by atoms with Crippen LogP contribution in [0.2, 0.25) is 0 Å². The van der Waals surface area contributed by atoms with Crippen molar-refractivity contribution in [3.63, 3.8) is 0 Å². The molecule has 0 aliphatic carbocycles. The highest BCUT2D eigenvalue weighted by Gasteiger charge is 2.09. The molecule has 0 bridgehead atoms. The highest BCUT2D eigenvalue weighted by atomic mass is 16.5. The zero-order chi connectivity index (χ0) is 17.5. The number of rotatable bonds is 6. The van der Waals surface area contributed by atoms with Crippen molar-refractivity contribution in [1.82, 2.24) is 25.0 Å². The van der Waals surface area contributed by atoms with E-state index >= 15 is 0 Å². The number of nitrogens with one attached hydrogen (secondary N) is 1. The largest absolute Gasteiger partial charge is 0.494 e. The first-order valence-electron chi connectivity index (χ1n) is 8.03. The van der Waals surface area contributed by atoms with Crippen molar-refractivity contribution in [1.29, 1.82) is 0 Å². The minimum absolute atomic E-state index is 0.581. The smallest absolute Gasteiger partial charge is 0.194 e. The van der Waals surface area contributed by atoms with Gasteiger partial charge in [0, 0.05) is 27.7 Å². The van der Waals surface area contributed by atoms with Gasteiger partial charge in [-0.25, -0.2) is 0 Å². The first kappa shape index (κ1) is 17.8. The summed E-state index contributed by atoms with van der Waals surface area (Å²) >= 11 is 0. The van der Waals surface area contributed by atoms with Gasteiger partial charge in [-0.05, 0) is 31.5 Å². The zero-order valence-corrected chi connectivity index (χ0v) is 15.1. The molecule has 0 unspecified atom stereocenters. The fourth-order valence-corrected chi connectivity index (χ4v) is 2.35. The van der Waals surface area contributed by atoms with Crippen LogP contribution in [0.1, 0.15) is 24.1 Å². The molecule has 0 fully saturated rings. The third-order valence-corrected chi connectivity index (χ3v) is 3.81. The van der Waals surface area contributed by atoms with Crippen molar-refractivity contribution in [2.24, 2.45) is 12.0 Å². The number of ether oxygens (including phenoxy) is 1. The molecule has 1 aromatic carbocycles. The standard InChI is InChI=1S/C17H26N6O/c1-6-24-15-9-7-14(8-10-15)12-22(4)17(18-3)19-11-16-21-20-13(2)23(16)5/h7-10H,6,11-12H2,1-5H3,(H,18,19). The van der Waals surface area contributed by atoms with Crippen molar-refractivity contribution in [3.8, 4) is 5.75 Å². The molecule has 24 heavy (non-hydrogen) atoms. The summed E-state index contributed by atoms with van der Waals surface area (Å²) in [6.45, 7) is 5.93. The molecular weight excluding hydrogens is 304 g/mol. The van der Waals surface area contributed by atoms with Gasteiger partial charge < -0.3 is 19.5 Å². The molecule has 2 aromatic rings. The van der Waals surface area contributed by atoms with Gasteiger partial charge in [-0.2, -0.15) is 0 Å². The van der Waals surface area contributed by atoms with Gasteiger partial charge in [-0.1, -0.05) is 12.1 Å². The Morgan fingerprint density at radius 2 is 2.00 bits per heavy atom. The van der Waals surface area contributed by atoms with Crippen LogP contribution in [0, 0.1) is 6.92 Å². The van der Waals surface area contributed by atoms with Gasteiger partial charge in [0.2, 0.25) is 0 Å². The van der Waals surface area contributed by atoms with Gasteiger partial charge in [0.05, 0.1) is 13.2 Å². The van der Waals surface area contributed by atoms with Gasteiger partial charge >= 0.3 is 0 Å². The quantitative estimate of drug-likeness (QED) is 0.645. The van der Waals surface area contributed by atoms with Crippen molar-refractivity contribution >= 4 is 5.96 Å². The highest BCUT2D eigenvalue weighted by Crippen LogP contribution is 2.13. The topological polar surface area (TPSA) is 67.6 Å². The van der Waals surface area contributed by atoms with Crippen LogP contribution in [-0.2, 0) is 20.1 Å². The van der Waals surface area contributed by atoms with E-state index in [1.54, 1.807) is 7.05 Å². The Bertz CT molecular complexity index is 677. The number of aryl methyl sites for hydroxylation is 1. The SMILES string of the molecule is CCOc1ccc(CN(C)C(=NC)NCc2nnc(C)n2C)cc1. The molecule has 0 aliphatic rings. The molecule has 0 amide bonds. The van der Waals surface area contributed by atoms with E-state index in [1.165, 1.54) is 5.56 Å². The third-order valence-electron chi connectivity index (χ3n) is 3.81. The maximum absolute atomic E-state index is 5.47. The van der Waals surface area contributed by atoms with Crippen molar-refractivity contribution in [3.05, 3.63) is 41.5 Å². The maximum atomic E-state index is 5.47. The van der Waals surface area contributed by atoms with E-state index in [4.69, 9.17) is 4.74 Å². The zero-order valence-electron chi connectivity index (χ0n) is 15.1. The fraction of sp³-hybridized carbons (Fsp3) is 0.471. The number of aliphatic imine (C=N–C) groups is 1. The first-order chi connectivity index (χ1) is 11.5. The molecule has 0 radical (unpaired) electrons. The number of nitrogens with zero attached hydrogens (tertiary/aromatic N) is 5. The summed E-state index contributed by atoms with van der Waals surface area (Å²) in [6.07, 6.45) is 0. The van der Waals surface area contributed by atoms with Crippen LogP contribution in [0.25, 0.3) is 0 Å². The predicted molar refractivity (Wildman–Crippen MR) is 95.0 cm³/mol. The Morgan fingerprint density at radius 3 is 2.54 bits per heavy atom. The van der Waals surface area contributed by atoms with Crippen LogP contribution in [-0.4, -0.2) is 46.3 Å². The summed E-state index contributed by atoms with van der Waals surface area (Å²) in [4.78, 5) is 6.40.